The quantitative estimate of drug-likeness (QED) is 0.613. The molecule has 1 aliphatic heterocycles. The number of rotatable bonds is 5. The molecule has 3 rings (SSSR count). The Labute approximate surface area is 132 Å². The van der Waals surface area contributed by atoms with Gasteiger partial charge in [0.05, 0.1) is 28.3 Å². The molecule has 2 heterocycles. The largest absolute Gasteiger partial charge is 0.301 e. The zero-order valence-electron chi connectivity index (χ0n) is 12.4. The van der Waals surface area contributed by atoms with Gasteiger partial charge < -0.3 is 5.01 Å². The van der Waals surface area contributed by atoms with Crippen LogP contribution in [0.3, 0.4) is 0 Å². The Bertz CT molecular complexity index is 710. The first-order valence-corrected chi connectivity index (χ1v) is 8.47. The van der Waals surface area contributed by atoms with Gasteiger partial charge in [0.2, 0.25) is 0 Å². The standard InChI is InChI=1S/C16H20BrN3O/c1-3-4-7-12-10-19(12)20-15(11(2)17)18-14-9-6-5-8-13(14)16(20)21/h5-6,8-9,11-12H,3-4,7,10H2,1-2H3. The first kappa shape index (κ1) is 14.6. The topological polar surface area (TPSA) is 37.9 Å². The van der Waals surface area contributed by atoms with E-state index in [4.69, 9.17) is 0 Å². The molecule has 1 aromatic carbocycles. The summed E-state index contributed by atoms with van der Waals surface area (Å²) in [5, 5.41) is 2.83. The number of benzene rings is 1. The molecule has 1 saturated heterocycles. The van der Waals surface area contributed by atoms with Crippen LogP contribution in [0.25, 0.3) is 10.9 Å². The summed E-state index contributed by atoms with van der Waals surface area (Å²) in [4.78, 5) is 17.5. The summed E-state index contributed by atoms with van der Waals surface area (Å²) in [6, 6.07) is 8.05. The highest BCUT2D eigenvalue weighted by Gasteiger charge is 2.36. The molecule has 0 amide bonds. The van der Waals surface area contributed by atoms with Gasteiger partial charge in [0.25, 0.3) is 5.56 Å². The lowest BCUT2D eigenvalue weighted by molar-refractivity contribution is 0.640. The minimum absolute atomic E-state index is 0.0425. The Kier molecular flexibility index (Phi) is 4.02. The lowest BCUT2D eigenvalue weighted by Crippen LogP contribution is -2.34. The Morgan fingerprint density at radius 3 is 2.90 bits per heavy atom. The fourth-order valence-corrected chi connectivity index (χ4v) is 3.04. The molecular formula is C16H20BrN3O. The normalized spacial score (nSPS) is 19.0. The lowest BCUT2D eigenvalue weighted by atomic mass is 10.2. The number of hydrogen-bond donors (Lipinski definition) is 0. The van der Waals surface area contributed by atoms with Crippen molar-refractivity contribution in [2.75, 3.05) is 11.6 Å². The molecule has 0 radical (unpaired) electrons. The minimum Gasteiger partial charge on any atom is -0.301 e. The lowest BCUT2D eigenvalue weighted by Gasteiger charge is -2.17. The average Bonchev–Trinajstić information content (AvgIpc) is 3.24. The molecule has 0 spiro atoms. The number of halogens is 1. The van der Waals surface area contributed by atoms with E-state index < -0.39 is 0 Å². The number of para-hydroxylation sites is 1. The van der Waals surface area contributed by atoms with E-state index in [1.165, 1.54) is 12.8 Å². The Morgan fingerprint density at radius 2 is 2.19 bits per heavy atom. The fourth-order valence-electron chi connectivity index (χ4n) is 2.74. The molecular weight excluding hydrogens is 330 g/mol. The van der Waals surface area contributed by atoms with Crippen LogP contribution >= 0.6 is 15.9 Å². The second-order valence-corrected chi connectivity index (χ2v) is 7.01. The molecule has 4 nitrogen and oxygen atoms in total. The first-order chi connectivity index (χ1) is 10.1. The van der Waals surface area contributed by atoms with Gasteiger partial charge in [0.15, 0.2) is 0 Å². The molecule has 21 heavy (non-hydrogen) atoms. The van der Waals surface area contributed by atoms with Crippen LogP contribution in [0.2, 0.25) is 0 Å². The first-order valence-electron chi connectivity index (χ1n) is 7.56. The second kappa shape index (κ2) is 5.79. The number of unbranched alkanes of at least 4 members (excludes halogenated alkanes) is 1. The van der Waals surface area contributed by atoms with E-state index in [-0.39, 0.29) is 10.4 Å². The minimum atomic E-state index is 0.0425. The van der Waals surface area contributed by atoms with Crippen molar-refractivity contribution in [3.63, 3.8) is 0 Å². The van der Waals surface area contributed by atoms with Crippen LogP contribution in [0.5, 0.6) is 0 Å². The molecule has 2 unspecified atom stereocenters. The van der Waals surface area contributed by atoms with Crippen LogP contribution in [0, 0.1) is 0 Å². The predicted molar refractivity (Wildman–Crippen MR) is 89.7 cm³/mol. The van der Waals surface area contributed by atoms with E-state index >= 15 is 0 Å². The molecule has 0 bridgehead atoms. The number of nitrogens with zero attached hydrogens (tertiary/aromatic N) is 3. The molecule has 2 aromatic rings. The van der Waals surface area contributed by atoms with Crippen molar-refractivity contribution in [3.8, 4) is 0 Å². The zero-order chi connectivity index (χ0) is 15.0. The van der Waals surface area contributed by atoms with Crippen molar-refractivity contribution in [3.05, 3.63) is 40.4 Å². The third kappa shape index (κ3) is 2.71. The zero-order valence-corrected chi connectivity index (χ0v) is 14.0. The van der Waals surface area contributed by atoms with Gasteiger partial charge in [-0.2, -0.15) is 0 Å². The van der Waals surface area contributed by atoms with Gasteiger partial charge >= 0.3 is 0 Å². The third-order valence-electron chi connectivity index (χ3n) is 3.97. The molecule has 2 atom stereocenters. The van der Waals surface area contributed by atoms with Gasteiger partial charge in [-0.15, -0.1) is 0 Å². The molecule has 0 N–H and O–H groups in total. The van der Waals surface area contributed by atoms with Gasteiger partial charge in [0, 0.05) is 0 Å². The summed E-state index contributed by atoms with van der Waals surface area (Å²) in [6.07, 6.45) is 3.54. The van der Waals surface area contributed by atoms with Crippen molar-refractivity contribution in [2.45, 2.75) is 44.0 Å². The van der Waals surface area contributed by atoms with Crippen molar-refractivity contribution in [2.24, 2.45) is 0 Å². The Balaban J connectivity index is 2.06. The van der Waals surface area contributed by atoms with Crippen molar-refractivity contribution >= 4 is 26.8 Å². The van der Waals surface area contributed by atoms with Crippen molar-refractivity contribution < 1.29 is 0 Å². The number of fused-ring (bicyclic) bond motifs is 1. The van der Waals surface area contributed by atoms with E-state index in [0.717, 1.165) is 24.3 Å². The van der Waals surface area contributed by atoms with Crippen molar-refractivity contribution in [1.82, 2.24) is 9.66 Å². The average molecular weight is 350 g/mol. The smallest absolute Gasteiger partial charge is 0.280 e. The fraction of sp³-hybridized carbons (Fsp3) is 0.500. The van der Waals surface area contributed by atoms with Gasteiger partial charge in [-0.25, -0.2) is 9.66 Å². The highest BCUT2D eigenvalue weighted by Crippen LogP contribution is 2.26. The highest BCUT2D eigenvalue weighted by molar-refractivity contribution is 9.09. The van der Waals surface area contributed by atoms with Gasteiger partial charge in [-0.1, -0.05) is 47.8 Å². The van der Waals surface area contributed by atoms with Crippen LogP contribution in [-0.4, -0.2) is 22.2 Å². The molecule has 112 valence electrons. The molecule has 0 saturated carbocycles. The maximum absolute atomic E-state index is 12.8. The Hall–Kier alpha value is -1.36. The monoisotopic (exact) mass is 349 g/mol. The van der Waals surface area contributed by atoms with E-state index in [0.29, 0.717) is 11.4 Å². The number of hydrogen-bond acceptors (Lipinski definition) is 3. The van der Waals surface area contributed by atoms with Crippen LogP contribution in [0.1, 0.15) is 43.8 Å². The summed E-state index contributed by atoms with van der Waals surface area (Å²) in [6.45, 7) is 5.16. The SMILES string of the molecule is CCCCC1CN1n1c(C(C)Br)nc2ccccc2c1=O. The summed E-state index contributed by atoms with van der Waals surface area (Å²) < 4.78 is 1.78. The van der Waals surface area contributed by atoms with Gasteiger partial charge in [-0.05, 0) is 25.5 Å². The maximum atomic E-state index is 12.8. The summed E-state index contributed by atoms with van der Waals surface area (Å²) in [5.74, 6) is 0.790. The van der Waals surface area contributed by atoms with Crippen LogP contribution in [-0.2, 0) is 0 Å². The summed E-state index contributed by atoms with van der Waals surface area (Å²) in [7, 11) is 0. The van der Waals surface area contributed by atoms with Crippen LogP contribution < -0.4 is 10.6 Å². The molecule has 1 fully saturated rings. The van der Waals surface area contributed by atoms with E-state index in [2.05, 4.69) is 32.8 Å². The maximum Gasteiger partial charge on any atom is 0.280 e. The Morgan fingerprint density at radius 1 is 1.43 bits per heavy atom. The highest BCUT2D eigenvalue weighted by atomic mass is 79.9. The number of alkyl halides is 1. The molecule has 0 aliphatic carbocycles. The number of aromatic nitrogens is 2. The van der Waals surface area contributed by atoms with Gasteiger partial charge in [-0.3, -0.25) is 4.79 Å². The predicted octanol–water partition coefficient (Wildman–Crippen LogP) is 3.36. The second-order valence-electron chi connectivity index (χ2n) is 5.64. The van der Waals surface area contributed by atoms with Crippen molar-refractivity contribution in [1.29, 1.82) is 0 Å². The van der Waals surface area contributed by atoms with Crippen LogP contribution in [0.4, 0.5) is 0 Å². The summed E-state index contributed by atoms with van der Waals surface area (Å²) >= 11 is 3.57. The van der Waals surface area contributed by atoms with Crippen LogP contribution in [0.15, 0.2) is 29.1 Å². The molecule has 1 aliphatic rings. The summed E-state index contributed by atoms with van der Waals surface area (Å²) in [5.41, 5.74) is 0.813. The molecule has 5 heteroatoms. The van der Waals surface area contributed by atoms with Gasteiger partial charge in [0.1, 0.15) is 5.82 Å². The molecule has 1 aromatic heterocycles. The van der Waals surface area contributed by atoms with E-state index in [9.17, 15) is 4.79 Å². The van der Waals surface area contributed by atoms with E-state index in [1.807, 2.05) is 31.2 Å². The van der Waals surface area contributed by atoms with E-state index in [1.54, 1.807) is 4.68 Å². The third-order valence-corrected chi connectivity index (χ3v) is 4.38.